The van der Waals surface area contributed by atoms with E-state index < -0.39 is 5.97 Å². The molecule has 0 aromatic rings. The molecule has 0 spiro atoms. The molecule has 1 unspecified atom stereocenters. The Hall–Kier alpha value is -0.180. The summed E-state index contributed by atoms with van der Waals surface area (Å²) in [6.07, 6.45) is 1.93. The SMILES string of the molecule is O=C(O)C1CCCS1. The first-order valence-electron chi connectivity index (χ1n) is 2.65. The van der Waals surface area contributed by atoms with Crippen molar-refractivity contribution in [2.24, 2.45) is 0 Å². The van der Waals surface area contributed by atoms with Crippen LogP contribution in [-0.2, 0) is 4.79 Å². The molecule has 1 N–H and O–H groups in total. The number of thioether (sulfide) groups is 1. The van der Waals surface area contributed by atoms with Gasteiger partial charge >= 0.3 is 5.97 Å². The molecule has 0 radical (unpaired) electrons. The van der Waals surface area contributed by atoms with Crippen LogP contribution in [0, 0.1) is 0 Å². The molecule has 0 saturated carbocycles. The second-order valence-electron chi connectivity index (χ2n) is 1.84. The minimum atomic E-state index is -0.646. The molecule has 0 aliphatic carbocycles. The van der Waals surface area contributed by atoms with Crippen LogP contribution < -0.4 is 0 Å². The Labute approximate surface area is 52.3 Å². The molecule has 1 heterocycles. The zero-order valence-electron chi connectivity index (χ0n) is 4.46. The average molecular weight is 132 g/mol. The lowest BCUT2D eigenvalue weighted by atomic mass is 10.3. The molecular weight excluding hydrogens is 124 g/mol. The maximum atomic E-state index is 10.2. The van der Waals surface area contributed by atoms with Gasteiger partial charge in [-0.25, -0.2) is 0 Å². The van der Waals surface area contributed by atoms with Gasteiger partial charge in [-0.3, -0.25) is 4.79 Å². The van der Waals surface area contributed by atoms with Gasteiger partial charge in [0.2, 0.25) is 0 Å². The third-order valence-corrected chi connectivity index (χ3v) is 2.57. The number of hydrogen-bond acceptors (Lipinski definition) is 2. The summed E-state index contributed by atoms with van der Waals surface area (Å²) < 4.78 is 0. The van der Waals surface area contributed by atoms with Crippen LogP contribution in [0.25, 0.3) is 0 Å². The Kier molecular flexibility index (Phi) is 1.78. The Bertz CT molecular complexity index is 96.6. The number of carbonyl (C=O) groups is 1. The number of aliphatic carboxylic acids is 1. The standard InChI is InChI=1S/C5H8O2S/c6-5(7)4-2-1-3-8-4/h4H,1-3H2,(H,6,7). The van der Waals surface area contributed by atoms with Gasteiger partial charge in [0.15, 0.2) is 0 Å². The summed E-state index contributed by atoms with van der Waals surface area (Å²) in [7, 11) is 0. The highest BCUT2D eigenvalue weighted by atomic mass is 32.2. The third kappa shape index (κ3) is 1.15. The number of hydrogen-bond donors (Lipinski definition) is 1. The van der Waals surface area contributed by atoms with E-state index in [1.165, 1.54) is 0 Å². The van der Waals surface area contributed by atoms with Crippen LogP contribution in [0.1, 0.15) is 12.8 Å². The molecule has 8 heavy (non-hydrogen) atoms. The first-order chi connectivity index (χ1) is 3.80. The van der Waals surface area contributed by atoms with Gasteiger partial charge in [0.25, 0.3) is 0 Å². The zero-order chi connectivity index (χ0) is 5.98. The van der Waals surface area contributed by atoms with Crippen LogP contribution in [0.3, 0.4) is 0 Å². The van der Waals surface area contributed by atoms with Crippen molar-refractivity contribution < 1.29 is 9.90 Å². The molecular formula is C5H8O2S. The molecule has 3 heteroatoms. The van der Waals surface area contributed by atoms with Crippen molar-refractivity contribution in [2.45, 2.75) is 18.1 Å². The van der Waals surface area contributed by atoms with Gasteiger partial charge in [-0.1, -0.05) is 0 Å². The van der Waals surface area contributed by atoms with Crippen LogP contribution in [0.5, 0.6) is 0 Å². The van der Waals surface area contributed by atoms with Crippen LogP contribution >= 0.6 is 11.8 Å². The molecule has 1 rings (SSSR count). The fraction of sp³-hybridized carbons (Fsp3) is 0.800. The minimum absolute atomic E-state index is 0.102. The van der Waals surface area contributed by atoms with E-state index in [2.05, 4.69) is 0 Å². The van der Waals surface area contributed by atoms with Gasteiger partial charge in [-0.15, -0.1) is 11.8 Å². The number of carboxylic acid groups (broad SMARTS) is 1. The molecule has 1 fully saturated rings. The molecule has 1 atom stereocenters. The second-order valence-corrected chi connectivity index (χ2v) is 3.15. The maximum Gasteiger partial charge on any atom is 0.316 e. The van der Waals surface area contributed by atoms with E-state index >= 15 is 0 Å². The van der Waals surface area contributed by atoms with Crippen molar-refractivity contribution in [1.29, 1.82) is 0 Å². The van der Waals surface area contributed by atoms with Crippen molar-refractivity contribution in [3.05, 3.63) is 0 Å². The summed E-state index contributed by atoms with van der Waals surface area (Å²) in [6, 6.07) is 0. The van der Waals surface area contributed by atoms with Crippen molar-refractivity contribution in [2.75, 3.05) is 5.75 Å². The van der Waals surface area contributed by atoms with E-state index in [9.17, 15) is 4.79 Å². The van der Waals surface area contributed by atoms with Gasteiger partial charge in [-0.2, -0.15) is 0 Å². The average Bonchev–Trinajstić information content (AvgIpc) is 2.12. The van der Waals surface area contributed by atoms with Crippen LogP contribution in [0.4, 0.5) is 0 Å². The Balaban J connectivity index is 2.35. The molecule has 2 nitrogen and oxygen atoms in total. The van der Waals surface area contributed by atoms with Crippen LogP contribution in [0.15, 0.2) is 0 Å². The highest BCUT2D eigenvalue weighted by molar-refractivity contribution is 8.00. The van der Waals surface area contributed by atoms with Gasteiger partial charge in [0.05, 0.1) is 0 Å². The predicted octanol–water partition coefficient (Wildman–Crippen LogP) is 0.967. The van der Waals surface area contributed by atoms with Crippen molar-refractivity contribution in [1.82, 2.24) is 0 Å². The Morgan fingerprint density at radius 3 is 2.75 bits per heavy atom. The zero-order valence-corrected chi connectivity index (χ0v) is 5.28. The van der Waals surface area contributed by atoms with E-state index in [-0.39, 0.29) is 5.25 Å². The first-order valence-corrected chi connectivity index (χ1v) is 3.70. The summed E-state index contributed by atoms with van der Waals surface area (Å²) in [5.74, 6) is 0.379. The minimum Gasteiger partial charge on any atom is -0.480 e. The second kappa shape index (κ2) is 2.40. The summed E-state index contributed by atoms with van der Waals surface area (Å²) in [5, 5.41) is 8.29. The lowest BCUT2D eigenvalue weighted by molar-refractivity contribution is -0.136. The van der Waals surface area contributed by atoms with Crippen molar-refractivity contribution in [3.63, 3.8) is 0 Å². The molecule has 0 amide bonds. The fourth-order valence-corrected chi connectivity index (χ4v) is 1.87. The topological polar surface area (TPSA) is 37.3 Å². The highest BCUT2D eigenvalue weighted by Crippen LogP contribution is 2.25. The lowest BCUT2D eigenvalue weighted by Crippen LogP contribution is -2.11. The lowest BCUT2D eigenvalue weighted by Gasteiger charge is -1.96. The molecule has 0 aromatic carbocycles. The fourth-order valence-electron chi connectivity index (χ4n) is 0.772. The first kappa shape index (κ1) is 5.95. The quantitative estimate of drug-likeness (QED) is 0.577. The van der Waals surface area contributed by atoms with Crippen LogP contribution in [-0.4, -0.2) is 22.1 Å². The van der Waals surface area contributed by atoms with E-state index in [0.29, 0.717) is 0 Å². The number of rotatable bonds is 1. The third-order valence-electron chi connectivity index (χ3n) is 1.21. The molecule has 1 aliphatic rings. The summed E-state index contributed by atoms with van der Waals surface area (Å²) in [6.45, 7) is 0. The molecule has 0 bridgehead atoms. The predicted molar refractivity (Wildman–Crippen MR) is 33.1 cm³/mol. The maximum absolute atomic E-state index is 10.2. The Morgan fingerprint density at radius 2 is 2.50 bits per heavy atom. The van der Waals surface area contributed by atoms with E-state index in [1.54, 1.807) is 11.8 Å². The van der Waals surface area contributed by atoms with Crippen molar-refractivity contribution in [3.8, 4) is 0 Å². The molecule has 46 valence electrons. The van der Waals surface area contributed by atoms with Gasteiger partial charge < -0.3 is 5.11 Å². The summed E-state index contributed by atoms with van der Waals surface area (Å²) in [5.41, 5.74) is 0. The normalized spacial score (nSPS) is 28.2. The summed E-state index contributed by atoms with van der Waals surface area (Å²) >= 11 is 1.55. The van der Waals surface area contributed by atoms with E-state index in [4.69, 9.17) is 5.11 Å². The monoisotopic (exact) mass is 132 g/mol. The molecule has 1 saturated heterocycles. The molecule has 1 aliphatic heterocycles. The largest absolute Gasteiger partial charge is 0.480 e. The van der Waals surface area contributed by atoms with Gasteiger partial charge in [-0.05, 0) is 18.6 Å². The number of carboxylic acids is 1. The Morgan fingerprint density at radius 1 is 1.75 bits per heavy atom. The molecule has 0 aromatic heterocycles. The highest BCUT2D eigenvalue weighted by Gasteiger charge is 2.21. The van der Waals surface area contributed by atoms with E-state index in [0.717, 1.165) is 18.6 Å². The smallest absolute Gasteiger partial charge is 0.316 e. The van der Waals surface area contributed by atoms with Crippen LogP contribution in [0.2, 0.25) is 0 Å². The van der Waals surface area contributed by atoms with E-state index in [1.807, 2.05) is 0 Å². The van der Waals surface area contributed by atoms with Crippen molar-refractivity contribution >= 4 is 17.7 Å². The summed E-state index contributed by atoms with van der Waals surface area (Å²) in [4.78, 5) is 10.2. The van der Waals surface area contributed by atoms with Gasteiger partial charge in [0, 0.05) is 0 Å². The van der Waals surface area contributed by atoms with Gasteiger partial charge in [0.1, 0.15) is 5.25 Å².